The van der Waals surface area contributed by atoms with Crippen molar-refractivity contribution in [2.75, 3.05) is 0 Å². The third-order valence-corrected chi connectivity index (χ3v) is 1.14. The van der Waals surface area contributed by atoms with Crippen LogP contribution in [0, 0.1) is 5.92 Å². The highest BCUT2D eigenvalue weighted by atomic mass is 35.5. The average Bonchev–Trinajstić information content (AvgIpc) is 1.36. The molecule has 0 fully saturated rings. The van der Waals surface area contributed by atoms with Crippen molar-refractivity contribution < 1.29 is 0 Å². The molecule has 0 saturated carbocycles. The summed E-state index contributed by atoms with van der Waals surface area (Å²) in [6.07, 6.45) is 0. The van der Waals surface area contributed by atoms with Crippen molar-refractivity contribution in [2.24, 2.45) is 11.7 Å². The van der Waals surface area contributed by atoms with E-state index < -0.39 is 0 Å². The fourth-order valence-electron chi connectivity index (χ4n) is 0. The van der Waals surface area contributed by atoms with Crippen LogP contribution in [0.3, 0.4) is 0 Å². The standard InChI is InChI=1S/C4H10ClN/c1-3(2)4(5)6/h3-4H,6H2,1-2H3. The Labute approximate surface area is 43.5 Å². The molecule has 0 aromatic carbocycles. The highest BCUT2D eigenvalue weighted by Gasteiger charge is 1.98. The van der Waals surface area contributed by atoms with Crippen LogP contribution < -0.4 is 5.73 Å². The Balaban J connectivity index is 2.99. The largest absolute Gasteiger partial charge is 0.315 e. The van der Waals surface area contributed by atoms with E-state index in [1.807, 2.05) is 13.8 Å². The molecule has 2 N–H and O–H groups in total. The number of hydrogen-bond acceptors (Lipinski definition) is 1. The van der Waals surface area contributed by atoms with Crippen LogP contribution in [0.15, 0.2) is 0 Å². The molecule has 0 amide bonds. The molecule has 1 nitrogen and oxygen atoms in total. The second-order valence-corrected chi connectivity index (χ2v) is 2.19. The third kappa shape index (κ3) is 2.49. The molecule has 0 aliphatic rings. The molecule has 0 aromatic rings. The smallest absolute Gasteiger partial charge is 0.0823 e. The Morgan fingerprint density at radius 2 is 1.67 bits per heavy atom. The lowest BCUT2D eigenvalue weighted by atomic mass is 10.2. The highest BCUT2D eigenvalue weighted by molar-refractivity contribution is 6.20. The predicted molar refractivity (Wildman–Crippen MR) is 28.7 cm³/mol. The van der Waals surface area contributed by atoms with Crippen molar-refractivity contribution >= 4 is 11.6 Å². The predicted octanol–water partition coefficient (Wildman–Crippen LogP) is 1.17. The maximum atomic E-state index is 5.39. The van der Waals surface area contributed by atoms with Crippen LogP contribution in [0.2, 0.25) is 0 Å². The van der Waals surface area contributed by atoms with Crippen LogP contribution in [0.5, 0.6) is 0 Å². The van der Waals surface area contributed by atoms with E-state index in [0.29, 0.717) is 5.92 Å². The quantitative estimate of drug-likeness (QED) is 0.395. The maximum Gasteiger partial charge on any atom is 0.0823 e. The van der Waals surface area contributed by atoms with E-state index in [1.54, 1.807) is 0 Å². The number of nitrogens with two attached hydrogens (primary N) is 1. The van der Waals surface area contributed by atoms with Gasteiger partial charge in [-0.3, -0.25) is 0 Å². The number of halogens is 1. The molecule has 0 saturated heterocycles. The summed E-state index contributed by atoms with van der Waals surface area (Å²) in [7, 11) is 0. The van der Waals surface area contributed by atoms with Gasteiger partial charge in [0.1, 0.15) is 0 Å². The first-order chi connectivity index (χ1) is 2.64. The molecule has 0 aromatic heterocycles. The van der Waals surface area contributed by atoms with E-state index in [9.17, 15) is 0 Å². The van der Waals surface area contributed by atoms with Crippen molar-refractivity contribution in [1.82, 2.24) is 0 Å². The van der Waals surface area contributed by atoms with Crippen molar-refractivity contribution in [3.05, 3.63) is 0 Å². The summed E-state index contributed by atoms with van der Waals surface area (Å²) in [6.45, 7) is 3.97. The molecule has 0 spiro atoms. The summed E-state index contributed by atoms with van der Waals surface area (Å²) in [4.78, 5) is 0. The summed E-state index contributed by atoms with van der Waals surface area (Å²) < 4.78 is 0. The van der Waals surface area contributed by atoms with Gasteiger partial charge in [-0.05, 0) is 5.92 Å². The van der Waals surface area contributed by atoms with E-state index >= 15 is 0 Å². The van der Waals surface area contributed by atoms with Crippen molar-refractivity contribution in [3.63, 3.8) is 0 Å². The molecule has 1 atom stereocenters. The van der Waals surface area contributed by atoms with Gasteiger partial charge in [-0.2, -0.15) is 0 Å². The maximum absolute atomic E-state index is 5.39. The van der Waals surface area contributed by atoms with Gasteiger partial charge in [-0.15, -0.1) is 11.6 Å². The van der Waals surface area contributed by atoms with Crippen molar-refractivity contribution in [2.45, 2.75) is 19.3 Å². The van der Waals surface area contributed by atoms with E-state index in [2.05, 4.69) is 0 Å². The lowest BCUT2D eigenvalue weighted by Crippen LogP contribution is -2.18. The Hall–Kier alpha value is 0.250. The molecule has 1 unspecified atom stereocenters. The van der Waals surface area contributed by atoms with E-state index in [-0.39, 0.29) is 5.50 Å². The lowest BCUT2D eigenvalue weighted by Gasteiger charge is -2.03. The van der Waals surface area contributed by atoms with E-state index in [4.69, 9.17) is 17.3 Å². The molecule has 0 rings (SSSR count). The van der Waals surface area contributed by atoms with Gasteiger partial charge in [0.05, 0.1) is 5.50 Å². The molecule has 6 heavy (non-hydrogen) atoms. The first-order valence-corrected chi connectivity index (χ1v) is 2.48. The van der Waals surface area contributed by atoms with Crippen LogP contribution in [-0.2, 0) is 0 Å². The highest BCUT2D eigenvalue weighted by Crippen LogP contribution is 1.99. The first-order valence-electron chi connectivity index (χ1n) is 2.04. The Bertz CT molecular complexity index is 28.5. The summed E-state index contributed by atoms with van der Waals surface area (Å²) in [6, 6.07) is 0. The van der Waals surface area contributed by atoms with E-state index in [1.165, 1.54) is 0 Å². The van der Waals surface area contributed by atoms with Gasteiger partial charge < -0.3 is 5.73 Å². The van der Waals surface area contributed by atoms with Crippen LogP contribution >= 0.6 is 11.6 Å². The fourth-order valence-corrected chi connectivity index (χ4v) is 0. The minimum atomic E-state index is -0.176. The molecule has 38 valence electrons. The van der Waals surface area contributed by atoms with Crippen LogP contribution in [0.1, 0.15) is 13.8 Å². The summed E-state index contributed by atoms with van der Waals surface area (Å²) in [5.74, 6) is 0.395. The Morgan fingerprint density at radius 3 is 1.67 bits per heavy atom. The minimum Gasteiger partial charge on any atom is -0.315 e. The normalized spacial score (nSPS) is 15.5. The summed E-state index contributed by atoms with van der Waals surface area (Å²) in [5, 5.41) is 0. The second-order valence-electron chi connectivity index (χ2n) is 1.69. The molecule has 0 aliphatic carbocycles. The molecular weight excluding hydrogens is 97.5 g/mol. The zero-order valence-corrected chi connectivity index (χ0v) is 4.87. The van der Waals surface area contributed by atoms with Gasteiger partial charge in [0.25, 0.3) is 0 Å². The lowest BCUT2D eigenvalue weighted by molar-refractivity contribution is 0.616. The summed E-state index contributed by atoms with van der Waals surface area (Å²) in [5.41, 5.74) is 5.02. The van der Waals surface area contributed by atoms with Crippen molar-refractivity contribution in [1.29, 1.82) is 0 Å². The van der Waals surface area contributed by atoms with Gasteiger partial charge in [-0.25, -0.2) is 0 Å². The molecule has 0 heterocycles. The minimum absolute atomic E-state index is 0.176. The summed E-state index contributed by atoms with van der Waals surface area (Å²) >= 11 is 5.39. The van der Waals surface area contributed by atoms with E-state index in [0.717, 1.165) is 0 Å². The van der Waals surface area contributed by atoms with Crippen molar-refractivity contribution in [3.8, 4) is 0 Å². The molecular formula is C4H10ClN. The van der Waals surface area contributed by atoms with Gasteiger partial charge in [0.15, 0.2) is 0 Å². The van der Waals surface area contributed by atoms with Crippen LogP contribution in [0.4, 0.5) is 0 Å². The Morgan fingerprint density at radius 1 is 1.50 bits per heavy atom. The SMILES string of the molecule is CC(C)C(N)Cl. The molecule has 0 radical (unpaired) electrons. The molecule has 0 aliphatic heterocycles. The van der Waals surface area contributed by atoms with Crippen LogP contribution in [-0.4, -0.2) is 5.50 Å². The zero-order valence-electron chi connectivity index (χ0n) is 4.11. The Kier molecular flexibility index (Phi) is 2.53. The number of hydrogen-bond donors (Lipinski definition) is 1. The van der Waals surface area contributed by atoms with Crippen LogP contribution in [0.25, 0.3) is 0 Å². The van der Waals surface area contributed by atoms with Gasteiger partial charge in [0.2, 0.25) is 0 Å². The first kappa shape index (κ1) is 6.25. The number of rotatable bonds is 1. The fraction of sp³-hybridized carbons (Fsp3) is 1.00. The monoisotopic (exact) mass is 107 g/mol. The zero-order chi connectivity index (χ0) is 5.15. The van der Waals surface area contributed by atoms with Gasteiger partial charge in [0, 0.05) is 0 Å². The topological polar surface area (TPSA) is 26.0 Å². The number of alkyl halides is 1. The average molecular weight is 108 g/mol. The van der Waals surface area contributed by atoms with Gasteiger partial charge >= 0.3 is 0 Å². The molecule has 0 bridgehead atoms. The van der Waals surface area contributed by atoms with Gasteiger partial charge in [-0.1, -0.05) is 13.8 Å². The molecule has 2 heteroatoms. The third-order valence-electron chi connectivity index (χ3n) is 0.637. The second kappa shape index (κ2) is 2.43.